The number of anilines is 1. The van der Waals surface area contributed by atoms with E-state index >= 15 is 0 Å². The van der Waals surface area contributed by atoms with Crippen molar-refractivity contribution in [1.29, 1.82) is 0 Å². The molecule has 1 aromatic rings. The van der Waals surface area contributed by atoms with Crippen molar-refractivity contribution in [1.82, 2.24) is 0 Å². The van der Waals surface area contributed by atoms with Crippen LogP contribution in [0.25, 0.3) is 0 Å². The smallest absolute Gasteiger partial charge is 0.554 e. The van der Waals surface area contributed by atoms with Gasteiger partial charge < -0.3 is 15.6 Å². The Morgan fingerprint density at radius 3 is 2.15 bits per heavy atom. The van der Waals surface area contributed by atoms with Crippen LogP contribution in [0.5, 0.6) is 0 Å². The molecule has 0 aliphatic carbocycles. The standard InChI is InChI=1S/C6H5Cl2N.CH2O2.Na/c7-4-1-2-6(9)5(8)3-4;2-1-3;/h1-3H,9H2;1H,(H,2,3);/q;;+1/p-1. The van der Waals surface area contributed by atoms with Gasteiger partial charge in [-0.1, -0.05) is 23.2 Å². The summed E-state index contributed by atoms with van der Waals surface area (Å²) in [7, 11) is 0. The van der Waals surface area contributed by atoms with Gasteiger partial charge in [0.05, 0.1) is 10.7 Å². The number of carbonyl (C=O) groups is 1. The molecule has 1 aromatic carbocycles. The third-order valence-electron chi connectivity index (χ3n) is 0.962. The van der Waals surface area contributed by atoms with Crippen LogP contribution in [0.4, 0.5) is 5.69 Å². The molecule has 0 atom stereocenters. The van der Waals surface area contributed by atoms with Gasteiger partial charge in [0.15, 0.2) is 0 Å². The minimum atomic E-state index is -0.500. The minimum absolute atomic E-state index is 0. The maximum absolute atomic E-state index is 8.25. The molecule has 0 fully saturated rings. The summed E-state index contributed by atoms with van der Waals surface area (Å²) in [5.74, 6) is 0. The van der Waals surface area contributed by atoms with Gasteiger partial charge in [0, 0.05) is 11.5 Å². The fourth-order valence-corrected chi connectivity index (χ4v) is 0.910. The Balaban J connectivity index is 0. The maximum Gasteiger partial charge on any atom is 1.00 e. The normalized spacial score (nSPS) is 7.54. The fourth-order valence-electron chi connectivity index (χ4n) is 0.502. The first-order valence-corrected chi connectivity index (χ1v) is 3.63. The van der Waals surface area contributed by atoms with Crippen LogP contribution in [0.1, 0.15) is 0 Å². The molecule has 0 saturated carbocycles. The van der Waals surface area contributed by atoms with Gasteiger partial charge in [-0.15, -0.1) is 0 Å². The van der Waals surface area contributed by atoms with E-state index in [1.165, 1.54) is 0 Å². The second kappa shape index (κ2) is 8.66. The SMILES string of the molecule is Nc1ccc(Cl)cc1Cl.O=C[O-].[Na+]. The maximum atomic E-state index is 8.25. The van der Waals surface area contributed by atoms with E-state index in [2.05, 4.69) is 0 Å². The second-order valence-corrected chi connectivity index (χ2v) is 2.61. The first kappa shape index (κ1) is 15.5. The van der Waals surface area contributed by atoms with E-state index in [1.54, 1.807) is 18.2 Å². The van der Waals surface area contributed by atoms with Crippen molar-refractivity contribution < 1.29 is 39.5 Å². The van der Waals surface area contributed by atoms with Crippen molar-refractivity contribution in [3.05, 3.63) is 28.2 Å². The number of rotatable bonds is 0. The van der Waals surface area contributed by atoms with Gasteiger partial charge in [0.2, 0.25) is 0 Å². The third kappa shape index (κ3) is 7.16. The Morgan fingerprint density at radius 2 is 1.85 bits per heavy atom. The predicted molar refractivity (Wildman–Crippen MR) is 46.9 cm³/mol. The van der Waals surface area contributed by atoms with Crippen LogP contribution >= 0.6 is 23.2 Å². The number of hydrogen-bond acceptors (Lipinski definition) is 3. The van der Waals surface area contributed by atoms with Gasteiger partial charge in [-0.25, -0.2) is 0 Å². The average molecular weight is 230 g/mol. The molecular formula is C7H6Cl2NNaO2. The summed E-state index contributed by atoms with van der Waals surface area (Å²) >= 11 is 11.2. The largest absolute Gasteiger partial charge is 1.00 e. The van der Waals surface area contributed by atoms with Crippen LogP contribution in [-0.2, 0) is 4.79 Å². The van der Waals surface area contributed by atoms with Gasteiger partial charge in [0.1, 0.15) is 0 Å². The second-order valence-electron chi connectivity index (χ2n) is 1.76. The first-order chi connectivity index (χ1) is 5.61. The molecule has 0 aromatic heterocycles. The number of benzene rings is 1. The number of carboxylic acid groups (broad SMARTS) is 1. The van der Waals surface area contributed by atoms with Crippen molar-refractivity contribution in [2.24, 2.45) is 0 Å². The van der Waals surface area contributed by atoms with E-state index < -0.39 is 6.47 Å². The summed E-state index contributed by atoms with van der Waals surface area (Å²) < 4.78 is 0. The zero-order valence-corrected chi connectivity index (χ0v) is 10.5. The quantitative estimate of drug-likeness (QED) is 0.317. The van der Waals surface area contributed by atoms with Crippen molar-refractivity contribution in [2.45, 2.75) is 0 Å². The minimum Gasteiger partial charge on any atom is -0.554 e. The van der Waals surface area contributed by atoms with E-state index in [9.17, 15) is 0 Å². The summed E-state index contributed by atoms with van der Waals surface area (Å²) in [6, 6.07) is 4.98. The fraction of sp³-hybridized carbons (Fsp3) is 0. The Morgan fingerprint density at radius 1 is 1.38 bits per heavy atom. The van der Waals surface area contributed by atoms with Crippen LogP contribution in [0.3, 0.4) is 0 Å². The summed E-state index contributed by atoms with van der Waals surface area (Å²) in [5.41, 5.74) is 5.95. The van der Waals surface area contributed by atoms with Gasteiger partial charge in [-0.2, -0.15) is 0 Å². The molecule has 0 heterocycles. The molecule has 1 rings (SSSR count). The number of hydrogen-bond donors (Lipinski definition) is 1. The Kier molecular flexibility index (Phi) is 10.3. The van der Waals surface area contributed by atoms with E-state index in [4.69, 9.17) is 38.8 Å². The molecule has 0 unspecified atom stereocenters. The first-order valence-electron chi connectivity index (χ1n) is 2.88. The monoisotopic (exact) mass is 229 g/mol. The molecule has 66 valence electrons. The molecule has 0 saturated heterocycles. The summed E-state index contributed by atoms with van der Waals surface area (Å²) in [5, 5.41) is 9.36. The molecule has 0 aliphatic rings. The average Bonchev–Trinajstić information content (AvgIpc) is 1.99. The van der Waals surface area contributed by atoms with Gasteiger partial charge in [-0.05, 0) is 18.2 Å². The van der Waals surface area contributed by atoms with E-state index in [-0.39, 0.29) is 29.6 Å². The zero-order valence-electron chi connectivity index (χ0n) is 6.96. The van der Waals surface area contributed by atoms with Crippen LogP contribution in [0, 0.1) is 0 Å². The molecular weight excluding hydrogens is 224 g/mol. The zero-order chi connectivity index (χ0) is 9.56. The Labute approximate surface area is 108 Å². The van der Waals surface area contributed by atoms with Crippen LogP contribution < -0.4 is 40.4 Å². The molecule has 2 N–H and O–H groups in total. The number of halogens is 2. The Hall–Kier alpha value is 0.0700. The van der Waals surface area contributed by atoms with Crippen molar-refractivity contribution in [2.75, 3.05) is 5.73 Å². The van der Waals surface area contributed by atoms with Gasteiger partial charge >= 0.3 is 29.6 Å². The van der Waals surface area contributed by atoms with E-state index in [0.717, 1.165) is 0 Å². The molecule has 0 bridgehead atoms. The molecule has 0 amide bonds. The Bertz CT molecular complexity index is 271. The predicted octanol–water partition coefficient (Wildman–Crippen LogP) is -2.05. The summed E-state index contributed by atoms with van der Waals surface area (Å²) in [6.45, 7) is -0.500. The van der Waals surface area contributed by atoms with Crippen LogP contribution in [0.2, 0.25) is 10.0 Å². The van der Waals surface area contributed by atoms with E-state index in [1.807, 2.05) is 0 Å². The molecule has 0 spiro atoms. The van der Waals surface area contributed by atoms with Crippen molar-refractivity contribution in [3.63, 3.8) is 0 Å². The summed E-state index contributed by atoms with van der Waals surface area (Å²) in [6.07, 6.45) is 0. The molecule has 13 heavy (non-hydrogen) atoms. The molecule has 0 radical (unpaired) electrons. The van der Waals surface area contributed by atoms with E-state index in [0.29, 0.717) is 15.7 Å². The van der Waals surface area contributed by atoms with Crippen LogP contribution in [-0.4, -0.2) is 6.47 Å². The number of nitrogen functional groups attached to an aromatic ring is 1. The topological polar surface area (TPSA) is 66.2 Å². The van der Waals surface area contributed by atoms with Gasteiger partial charge in [-0.3, -0.25) is 0 Å². The van der Waals surface area contributed by atoms with Crippen molar-refractivity contribution in [3.8, 4) is 0 Å². The van der Waals surface area contributed by atoms with Crippen molar-refractivity contribution >= 4 is 35.4 Å². The molecule has 0 aliphatic heterocycles. The molecule has 6 heteroatoms. The summed E-state index contributed by atoms with van der Waals surface area (Å²) in [4.78, 5) is 8.25. The number of nitrogens with two attached hydrogens (primary N) is 1. The third-order valence-corrected chi connectivity index (χ3v) is 1.52. The van der Waals surface area contributed by atoms with Gasteiger partial charge in [0.25, 0.3) is 0 Å². The number of carbonyl (C=O) groups excluding carboxylic acids is 1. The molecule has 3 nitrogen and oxygen atoms in total. The van der Waals surface area contributed by atoms with Crippen LogP contribution in [0.15, 0.2) is 18.2 Å².